The van der Waals surface area contributed by atoms with Gasteiger partial charge in [0.05, 0.1) is 5.02 Å². The van der Waals surface area contributed by atoms with Crippen molar-refractivity contribution in [3.05, 3.63) is 64.4 Å². The first-order valence-electron chi connectivity index (χ1n) is 11.2. The van der Waals surface area contributed by atoms with Gasteiger partial charge in [0, 0.05) is 38.3 Å². The summed E-state index contributed by atoms with van der Waals surface area (Å²) in [6.07, 6.45) is 3.63. The Morgan fingerprint density at radius 2 is 1.64 bits per heavy atom. The number of benzene rings is 2. The van der Waals surface area contributed by atoms with Gasteiger partial charge >= 0.3 is 0 Å². The van der Waals surface area contributed by atoms with Gasteiger partial charge in [-0.1, -0.05) is 36.6 Å². The zero-order chi connectivity index (χ0) is 24.0. The number of rotatable bonds is 8. The third-order valence-corrected chi connectivity index (χ3v) is 8.13. The fourth-order valence-electron chi connectivity index (χ4n) is 3.82. The molecule has 0 bridgehead atoms. The molecule has 180 valence electrons. The van der Waals surface area contributed by atoms with Gasteiger partial charge in [0.1, 0.15) is 10.7 Å². The quantitative estimate of drug-likeness (QED) is 0.549. The van der Waals surface area contributed by atoms with Gasteiger partial charge in [-0.3, -0.25) is 4.79 Å². The minimum absolute atomic E-state index is 0.0359. The second kappa shape index (κ2) is 11.4. The summed E-state index contributed by atoms with van der Waals surface area (Å²) in [6, 6.07) is 10.4. The number of likely N-dealkylation sites (N-methyl/N-ethyl adjacent to an activating group) is 1. The highest BCUT2D eigenvalue weighted by Gasteiger charge is 2.29. The Hall–Kier alpha value is -2.00. The number of nitrogens with zero attached hydrogens (tertiary/aromatic N) is 3. The number of halogens is 2. The molecule has 2 aromatic carbocycles. The van der Waals surface area contributed by atoms with Crippen LogP contribution < -0.4 is 0 Å². The van der Waals surface area contributed by atoms with Crippen molar-refractivity contribution in [2.75, 3.05) is 40.3 Å². The molecule has 9 heteroatoms. The van der Waals surface area contributed by atoms with Gasteiger partial charge < -0.3 is 9.80 Å². The van der Waals surface area contributed by atoms with Crippen LogP contribution in [-0.4, -0.2) is 68.7 Å². The van der Waals surface area contributed by atoms with Crippen LogP contribution in [0.5, 0.6) is 0 Å². The summed E-state index contributed by atoms with van der Waals surface area (Å²) in [6.45, 7) is 2.25. The topological polar surface area (TPSA) is 60.9 Å². The minimum atomic E-state index is -3.81. The van der Waals surface area contributed by atoms with Crippen molar-refractivity contribution in [2.24, 2.45) is 0 Å². The van der Waals surface area contributed by atoms with Crippen LogP contribution in [0.1, 0.15) is 41.6 Å². The molecular formula is C24H31ClFN3O3S. The molecule has 0 radical (unpaired) electrons. The smallest absolute Gasteiger partial charge is 0.254 e. The van der Waals surface area contributed by atoms with E-state index in [4.69, 9.17) is 11.6 Å². The average Bonchev–Trinajstić information content (AvgIpc) is 3.08. The Labute approximate surface area is 201 Å². The molecule has 0 saturated carbocycles. The van der Waals surface area contributed by atoms with Crippen LogP contribution in [0.25, 0.3) is 0 Å². The highest BCUT2D eigenvalue weighted by Crippen LogP contribution is 2.28. The first-order chi connectivity index (χ1) is 15.7. The molecule has 1 saturated heterocycles. The fourth-order valence-corrected chi connectivity index (χ4v) is 5.84. The molecule has 1 fully saturated rings. The van der Waals surface area contributed by atoms with Crippen molar-refractivity contribution >= 4 is 27.5 Å². The first-order valence-corrected chi connectivity index (χ1v) is 13.0. The van der Waals surface area contributed by atoms with E-state index in [0.29, 0.717) is 26.2 Å². The molecule has 3 rings (SSSR count). The van der Waals surface area contributed by atoms with Crippen molar-refractivity contribution in [3.8, 4) is 0 Å². The van der Waals surface area contributed by atoms with Crippen LogP contribution in [0.2, 0.25) is 5.02 Å². The van der Waals surface area contributed by atoms with Crippen molar-refractivity contribution in [2.45, 2.75) is 37.1 Å². The highest BCUT2D eigenvalue weighted by molar-refractivity contribution is 7.89. The summed E-state index contributed by atoms with van der Waals surface area (Å²) in [4.78, 5) is 17.0. The summed E-state index contributed by atoms with van der Waals surface area (Å²) in [7, 11) is 0.0165. The Morgan fingerprint density at radius 3 is 2.24 bits per heavy atom. The van der Waals surface area contributed by atoms with E-state index in [1.54, 1.807) is 23.1 Å². The van der Waals surface area contributed by atoms with Crippen LogP contribution in [0.15, 0.2) is 47.4 Å². The predicted molar refractivity (Wildman–Crippen MR) is 128 cm³/mol. The summed E-state index contributed by atoms with van der Waals surface area (Å²) in [5.41, 5.74) is 1.04. The van der Waals surface area contributed by atoms with E-state index in [0.717, 1.165) is 31.2 Å². The predicted octanol–water partition coefficient (Wildman–Crippen LogP) is 4.25. The van der Waals surface area contributed by atoms with Crippen LogP contribution in [0, 0.1) is 5.82 Å². The first kappa shape index (κ1) is 25.6. The molecule has 0 atom stereocenters. The van der Waals surface area contributed by atoms with Crippen molar-refractivity contribution in [1.82, 2.24) is 14.1 Å². The molecular weight excluding hydrogens is 465 g/mol. The number of hydrogen-bond acceptors (Lipinski definition) is 4. The summed E-state index contributed by atoms with van der Waals surface area (Å²) in [5, 5.41) is 0.106. The largest absolute Gasteiger partial charge is 0.333 e. The zero-order valence-electron chi connectivity index (χ0n) is 19.1. The molecule has 0 spiro atoms. The number of amides is 1. The van der Waals surface area contributed by atoms with Crippen LogP contribution in [0.4, 0.5) is 4.39 Å². The number of carbonyl (C=O) groups is 1. The van der Waals surface area contributed by atoms with E-state index in [9.17, 15) is 17.6 Å². The van der Waals surface area contributed by atoms with Crippen molar-refractivity contribution < 1.29 is 17.6 Å². The lowest BCUT2D eigenvalue weighted by Gasteiger charge is -2.25. The monoisotopic (exact) mass is 495 g/mol. The average molecular weight is 496 g/mol. The Bertz CT molecular complexity index is 1050. The third kappa shape index (κ3) is 6.76. The van der Waals surface area contributed by atoms with Gasteiger partial charge in [0.2, 0.25) is 10.0 Å². The SMILES string of the molecule is CN(C)CCN(Cc1ccc(F)cc1)C(=O)c1ccc(Cl)c(S(=O)(=O)N2CCCCCC2)c1. The van der Waals surface area contributed by atoms with E-state index < -0.39 is 10.0 Å². The molecule has 1 heterocycles. The zero-order valence-corrected chi connectivity index (χ0v) is 20.7. The molecule has 1 amide bonds. The number of sulfonamides is 1. The molecule has 1 aliphatic heterocycles. The van der Waals surface area contributed by atoms with Crippen LogP contribution >= 0.6 is 11.6 Å². The van der Waals surface area contributed by atoms with Gasteiger partial charge in [0.25, 0.3) is 5.91 Å². The molecule has 1 aliphatic rings. The van der Waals surface area contributed by atoms with Crippen molar-refractivity contribution in [3.63, 3.8) is 0 Å². The lowest BCUT2D eigenvalue weighted by Crippen LogP contribution is -2.36. The molecule has 0 unspecified atom stereocenters. The Kier molecular flexibility index (Phi) is 8.87. The van der Waals surface area contributed by atoms with Crippen LogP contribution in [-0.2, 0) is 16.6 Å². The standard InChI is InChI=1S/C24H31ClFN3O3S/c1-27(2)15-16-28(18-19-7-10-21(26)11-8-19)24(30)20-9-12-22(25)23(17-20)33(31,32)29-13-5-3-4-6-14-29/h7-12,17H,3-6,13-16,18H2,1-2H3. The van der Waals surface area contributed by atoms with E-state index in [1.807, 2.05) is 19.0 Å². The summed E-state index contributed by atoms with van der Waals surface area (Å²) in [5.74, 6) is -0.642. The molecule has 0 aliphatic carbocycles. The lowest BCUT2D eigenvalue weighted by atomic mass is 10.1. The van der Waals surface area contributed by atoms with Gasteiger partial charge in [-0.15, -0.1) is 0 Å². The Balaban J connectivity index is 1.90. The highest BCUT2D eigenvalue weighted by atomic mass is 35.5. The molecule has 0 N–H and O–H groups in total. The fraction of sp³-hybridized carbons (Fsp3) is 0.458. The van der Waals surface area contributed by atoms with E-state index >= 15 is 0 Å². The van der Waals surface area contributed by atoms with Gasteiger partial charge in [0.15, 0.2) is 0 Å². The summed E-state index contributed by atoms with van der Waals surface area (Å²) < 4.78 is 41.4. The van der Waals surface area contributed by atoms with E-state index in [1.165, 1.54) is 28.6 Å². The molecule has 2 aromatic rings. The van der Waals surface area contributed by atoms with E-state index in [-0.39, 0.29) is 33.8 Å². The van der Waals surface area contributed by atoms with Crippen molar-refractivity contribution in [1.29, 1.82) is 0 Å². The third-order valence-electron chi connectivity index (χ3n) is 5.75. The molecule has 0 aromatic heterocycles. The number of hydrogen-bond donors (Lipinski definition) is 0. The lowest BCUT2D eigenvalue weighted by molar-refractivity contribution is 0.0731. The maximum atomic E-state index is 13.4. The van der Waals surface area contributed by atoms with Gasteiger partial charge in [-0.05, 0) is 62.8 Å². The van der Waals surface area contributed by atoms with Crippen LogP contribution in [0.3, 0.4) is 0 Å². The van der Waals surface area contributed by atoms with E-state index in [2.05, 4.69) is 0 Å². The maximum absolute atomic E-state index is 13.4. The maximum Gasteiger partial charge on any atom is 0.254 e. The van der Waals surface area contributed by atoms with Gasteiger partial charge in [-0.2, -0.15) is 4.31 Å². The molecule has 6 nitrogen and oxygen atoms in total. The summed E-state index contributed by atoms with van der Waals surface area (Å²) >= 11 is 6.30. The molecule has 33 heavy (non-hydrogen) atoms. The Morgan fingerprint density at radius 1 is 1.00 bits per heavy atom. The second-order valence-electron chi connectivity index (χ2n) is 8.62. The normalized spacial score (nSPS) is 15.4. The van der Waals surface area contributed by atoms with Gasteiger partial charge in [-0.25, -0.2) is 12.8 Å². The second-order valence-corrected chi connectivity index (χ2v) is 10.9. The minimum Gasteiger partial charge on any atom is -0.333 e. The number of carbonyl (C=O) groups excluding carboxylic acids is 1.